The molecule has 0 aliphatic heterocycles. The topological polar surface area (TPSA) is 58.0 Å². The van der Waals surface area contributed by atoms with Gasteiger partial charge in [-0.3, -0.25) is 4.79 Å². The number of carbonyl (C=O) groups excluding carboxylic acids is 1. The van der Waals surface area contributed by atoms with Crippen molar-refractivity contribution in [3.8, 4) is 0 Å². The summed E-state index contributed by atoms with van der Waals surface area (Å²) in [6.07, 6.45) is 3.25. The third kappa shape index (κ3) is 2.38. The van der Waals surface area contributed by atoms with E-state index < -0.39 is 0 Å². The van der Waals surface area contributed by atoms with Crippen LogP contribution < -0.4 is 5.32 Å². The van der Waals surface area contributed by atoms with Gasteiger partial charge in [-0.25, -0.2) is 0 Å². The molecular weight excluding hydrogens is 224 g/mol. The van der Waals surface area contributed by atoms with Gasteiger partial charge in [0.2, 0.25) is 0 Å². The van der Waals surface area contributed by atoms with Gasteiger partial charge in [0, 0.05) is 6.20 Å². The number of amides is 1. The Balaban J connectivity index is 2.04. The van der Waals surface area contributed by atoms with Crippen molar-refractivity contribution in [3.63, 3.8) is 0 Å². The van der Waals surface area contributed by atoms with Crippen molar-refractivity contribution in [3.05, 3.63) is 52.7 Å². The van der Waals surface area contributed by atoms with E-state index in [-0.39, 0.29) is 5.91 Å². The average molecular weight is 234 g/mol. The van der Waals surface area contributed by atoms with Crippen LogP contribution in [0.1, 0.15) is 16.1 Å². The lowest BCUT2D eigenvalue weighted by atomic mass is 10.2. The van der Waals surface area contributed by atoms with Crippen LogP contribution in [0.25, 0.3) is 0 Å². The first kappa shape index (κ1) is 10.6. The van der Waals surface area contributed by atoms with Crippen molar-refractivity contribution in [2.75, 3.05) is 0 Å². The molecule has 0 bridgehead atoms. The van der Waals surface area contributed by atoms with E-state index in [0.29, 0.717) is 22.5 Å². The smallest absolute Gasteiger partial charge is 0.254 e. The van der Waals surface area contributed by atoms with Gasteiger partial charge in [-0.2, -0.15) is 0 Å². The van der Waals surface area contributed by atoms with E-state index in [9.17, 15) is 4.79 Å². The number of aromatic nitrogens is 1. The molecule has 1 amide bonds. The fourth-order valence-electron chi connectivity index (χ4n) is 1.28. The van der Waals surface area contributed by atoms with Crippen molar-refractivity contribution >= 4 is 18.1 Å². The predicted octanol–water partition coefficient (Wildman–Crippen LogP) is 2.27. The van der Waals surface area contributed by atoms with Crippen LogP contribution in [0.5, 0.6) is 0 Å². The Kier molecular flexibility index (Phi) is 3.16. The number of nitrogens with one attached hydrogen (secondary N) is 2. The molecular formula is C11H10N2O2S. The van der Waals surface area contributed by atoms with Crippen LogP contribution in [-0.2, 0) is 6.54 Å². The Morgan fingerprint density at radius 2 is 2.31 bits per heavy atom. The Hall–Kier alpha value is -1.88. The number of hydrogen-bond donors (Lipinski definition) is 2. The molecule has 0 saturated carbocycles. The van der Waals surface area contributed by atoms with Gasteiger partial charge in [0.25, 0.3) is 5.91 Å². The molecule has 82 valence electrons. The minimum absolute atomic E-state index is 0.210. The van der Waals surface area contributed by atoms with Gasteiger partial charge in [-0.1, -0.05) is 12.2 Å². The van der Waals surface area contributed by atoms with Crippen LogP contribution in [0.15, 0.2) is 41.1 Å². The van der Waals surface area contributed by atoms with E-state index >= 15 is 0 Å². The second-order valence-electron chi connectivity index (χ2n) is 3.17. The van der Waals surface area contributed by atoms with Crippen LogP contribution in [0, 0.1) is 4.64 Å². The zero-order valence-corrected chi connectivity index (χ0v) is 9.21. The quantitative estimate of drug-likeness (QED) is 0.801. The lowest BCUT2D eigenvalue weighted by Gasteiger charge is -2.02. The van der Waals surface area contributed by atoms with Gasteiger partial charge in [-0.15, -0.1) is 0 Å². The summed E-state index contributed by atoms with van der Waals surface area (Å²) in [7, 11) is 0. The molecule has 2 N–H and O–H groups in total. The summed E-state index contributed by atoms with van der Waals surface area (Å²) in [4.78, 5) is 14.5. The highest BCUT2D eigenvalue weighted by molar-refractivity contribution is 7.71. The second kappa shape index (κ2) is 4.76. The van der Waals surface area contributed by atoms with Crippen molar-refractivity contribution in [1.82, 2.24) is 10.3 Å². The molecule has 0 aromatic carbocycles. The van der Waals surface area contributed by atoms with Gasteiger partial charge in [0.05, 0.1) is 18.4 Å². The fraction of sp³-hybridized carbons (Fsp3) is 0.0909. The predicted molar refractivity (Wildman–Crippen MR) is 61.5 cm³/mol. The molecule has 2 heterocycles. The maximum Gasteiger partial charge on any atom is 0.254 e. The molecule has 16 heavy (non-hydrogen) atoms. The summed E-state index contributed by atoms with van der Waals surface area (Å²) < 4.78 is 5.53. The Morgan fingerprint density at radius 1 is 1.44 bits per heavy atom. The molecule has 4 nitrogen and oxygen atoms in total. The number of hydrogen-bond acceptors (Lipinski definition) is 3. The third-order valence-corrected chi connectivity index (χ3v) is 2.40. The highest BCUT2D eigenvalue weighted by atomic mass is 32.1. The summed E-state index contributed by atoms with van der Waals surface area (Å²) in [5, 5.41) is 2.72. The van der Waals surface area contributed by atoms with Crippen LogP contribution in [0.2, 0.25) is 0 Å². The summed E-state index contributed by atoms with van der Waals surface area (Å²) in [6.45, 7) is 0.357. The molecule has 0 radical (unpaired) electrons. The van der Waals surface area contributed by atoms with Gasteiger partial charge in [-0.05, 0) is 24.3 Å². The van der Waals surface area contributed by atoms with E-state index in [0.717, 1.165) is 0 Å². The minimum atomic E-state index is -0.210. The van der Waals surface area contributed by atoms with E-state index in [1.165, 1.54) is 0 Å². The van der Waals surface area contributed by atoms with Crippen molar-refractivity contribution < 1.29 is 9.21 Å². The van der Waals surface area contributed by atoms with Gasteiger partial charge >= 0.3 is 0 Å². The van der Waals surface area contributed by atoms with E-state index in [1.54, 1.807) is 36.7 Å². The van der Waals surface area contributed by atoms with E-state index in [2.05, 4.69) is 10.3 Å². The number of furan rings is 1. The summed E-state index contributed by atoms with van der Waals surface area (Å²) in [5.41, 5.74) is 0.462. The molecule has 0 atom stereocenters. The molecule has 2 aromatic heterocycles. The lowest BCUT2D eigenvalue weighted by Crippen LogP contribution is -2.23. The molecule has 0 saturated heterocycles. The molecule has 2 rings (SSSR count). The van der Waals surface area contributed by atoms with Crippen molar-refractivity contribution in [2.45, 2.75) is 6.54 Å². The average Bonchev–Trinajstić information content (AvgIpc) is 2.79. The first-order valence-electron chi connectivity index (χ1n) is 4.75. The number of carbonyl (C=O) groups is 1. The number of rotatable bonds is 3. The molecule has 0 aliphatic carbocycles. The fourth-order valence-corrected chi connectivity index (χ4v) is 1.50. The van der Waals surface area contributed by atoms with Crippen LogP contribution in [0.4, 0.5) is 0 Å². The SMILES string of the molecule is O=C(NCc1ccco1)c1ccc[nH]c1=S. The maximum atomic E-state index is 11.7. The molecule has 0 unspecified atom stereocenters. The molecule has 0 fully saturated rings. The molecule has 5 heteroatoms. The summed E-state index contributed by atoms with van der Waals surface area (Å²) in [6, 6.07) is 6.98. The highest BCUT2D eigenvalue weighted by Crippen LogP contribution is 2.02. The van der Waals surface area contributed by atoms with Crippen LogP contribution in [0.3, 0.4) is 0 Å². The number of aromatic amines is 1. The standard InChI is InChI=1S/C11H10N2O2S/c14-10(9-4-1-5-12-11(9)16)13-7-8-3-2-6-15-8/h1-6H,7H2,(H,12,16)(H,13,14). The third-order valence-electron chi connectivity index (χ3n) is 2.07. The summed E-state index contributed by atoms with van der Waals surface area (Å²) in [5.74, 6) is 0.498. The zero-order chi connectivity index (χ0) is 11.4. The normalized spacial score (nSPS) is 10.0. The second-order valence-corrected chi connectivity index (χ2v) is 3.58. The summed E-state index contributed by atoms with van der Waals surface area (Å²) >= 11 is 5.00. The molecule has 2 aromatic rings. The first-order valence-corrected chi connectivity index (χ1v) is 5.16. The highest BCUT2D eigenvalue weighted by Gasteiger charge is 2.07. The van der Waals surface area contributed by atoms with Gasteiger partial charge in [0.15, 0.2) is 0 Å². The van der Waals surface area contributed by atoms with Gasteiger partial charge in [0.1, 0.15) is 10.4 Å². The zero-order valence-electron chi connectivity index (χ0n) is 8.40. The van der Waals surface area contributed by atoms with Gasteiger partial charge < -0.3 is 14.7 Å². The van der Waals surface area contributed by atoms with Crippen LogP contribution in [-0.4, -0.2) is 10.9 Å². The van der Waals surface area contributed by atoms with E-state index in [1.807, 2.05) is 0 Å². The molecule has 0 aliphatic rings. The number of pyridine rings is 1. The largest absolute Gasteiger partial charge is 0.467 e. The Labute approximate surface area is 97.3 Å². The van der Waals surface area contributed by atoms with E-state index in [4.69, 9.17) is 16.6 Å². The van der Waals surface area contributed by atoms with Crippen LogP contribution >= 0.6 is 12.2 Å². The minimum Gasteiger partial charge on any atom is -0.467 e. The monoisotopic (exact) mass is 234 g/mol. The first-order chi connectivity index (χ1) is 7.77. The van der Waals surface area contributed by atoms with Crippen molar-refractivity contribution in [1.29, 1.82) is 0 Å². The van der Waals surface area contributed by atoms with Crippen molar-refractivity contribution in [2.24, 2.45) is 0 Å². The maximum absolute atomic E-state index is 11.7. The Bertz CT molecular complexity index is 531. The number of H-pyrrole nitrogens is 1. The Morgan fingerprint density at radius 3 is 3.00 bits per heavy atom. The lowest BCUT2D eigenvalue weighted by molar-refractivity contribution is 0.0947. The molecule has 0 spiro atoms.